The second-order valence-corrected chi connectivity index (χ2v) is 3.97. The van der Waals surface area contributed by atoms with Crippen LogP contribution in [0.3, 0.4) is 0 Å². The van der Waals surface area contributed by atoms with Crippen LogP contribution in [0.5, 0.6) is 0 Å². The van der Waals surface area contributed by atoms with E-state index < -0.39 is 0 Å². The Morgan fingerprint density at radius 1 is 1.47 bits per heavy atom. The van der Waals surface area contributed by atoms with Gasteiger partial charge in [-0.3, -0.25) is 0 Å². The number of aromatic nitrogens is 2. The Bertz CT molecular complexity index is 267. The van der Waals surface area contributed by atoms with Crippen LogP contribution in [0.15, 0.2) is 12.4 Å². The number of hydrogen-bond acceptors (Lipinski definition) is 3. The summed E-state index contributed by atoms with van der Waals surface area (Å²) in [6.45, 7) is 6.15. The van der Waals surface area contributed by atoms with Crippen molar-refractivity contribution in [3.8, 4) is 0 Å². The third-order valence-electron chi connectivity index (χ3n) is 2.34. The van der Waals surface area contributed by atoms with Gasteiger partial charge in [0.1, 0.15) is 5.82 Å². The molecule has 0 fully saturated rings. The van der Waals surface area contributed by atoms with Gasteiger partial charge in [-0.15, -0.1) is 0 Å². The van der Waals surface area contributed by atoms with E-state index in [1.165, 1.54) is 6.42 Å². The van der Waals surface area contributed by atoms with Gasteiger partial charge in [-0.1, -0.05) is 6.92 Å². The molecular formula is C11H22N4. The molecule has 1 aromatic heterocycles. The van der Waals surface area contributed by atoms with E-state index in [0.29, 0.717) is 0 Å². The number of hydrogen-bond donors (Lipinski definition) is 1. The van der Waals surface area contributed by atoms with Crippen molar-refractivity contribution in [3.63, 3.8) is 0 Å². The molecule has 0 unspecified atom stereocenters. The summed E-state index contributed by atoms with van der Waals surface area (Å²) >= 11 is 0. The highest BCUT2D eigenvalue weighted by molar-refractivity contribution is 4.91. The highest BCUT2D eigenvalue weighted by Gasteiger charge is 2.01. The van der Waals surface area contributed by atoms with Crippen LogP contribution in [0.25, 0.3) is 0 Å². The molecule has 0 amide bonds. The lowest BCUT2D eigenvalue weighted by Gasteiger charge is -2.11. The molecule has 0 aromatic carbocycles. The predicted octanol–water partition coefficient (Wildman–Crippen LogP) is 0.944. The van der Waals surface area contributed by atoms with Crippen molar-refractivity contribution in [2.75, 3.05) is 27.2 Å². The molecule has 1 aromatic rings. The normalized spacial score (nSPS) is 11.2. The second-order valence-electron chi connectivity index (χ2n) is 3.97. The minimum absolute atomic E-state index is 0.867. The number of imidazole rings is 1. The summed E-state index contributed by atoms with van der Waals surface area (Å²) in [6, 6.07) is 0. The van der Waals surface area contributed by atoms with E-state index in [4.69, 9.17) is 0 Å². The fourth-order valence-electron chi connectivity index (χ4n) is 1.50. The number of rotatable bonds is 7. The van der Waals surface area contributed by atoms with Crippen molar-refractivity contribution >= 4 is 0 Å². The van der Waals surface area contributed by atoms with Crippen LogP contribution < -0.4 is 5.32 Å². The topological polar surface area (TPSA) is 33.1 Å². The Morgan fingerprint density at radius 3 is 2.93 bits per heavy atom. The summed E-state index contributed by atoms with van der Waals surface area (Å²) in [5.41, 5.74) is 0. The van der Waals surface area contributed by atoms with Crippen molar-refractivity contribution in [2.24, 2.45) is 0 Å². The van der Waals surface area contributed by atoms with Gasteiger partial charge >= 0.3 is 0 Å². The first-order valence-electron chi connectivity index (χ1n) is 5.59. The molecule has 0 atom stereocenters. The molecule has 1 rings (SSSR count). The molecule has 0 aliphatic heterocycles. The van der Waals surface area contributed by atoms with Crippen molar-refractivity contribution in [1.82, 2.24) is 19.8 Å². The lowest BCUT2D eigenvalue weighted by atomic mass is 10.4. The molecule has 1 N–H and O–H groups in total. The lowest BCUT2D eigenvalue weighted by molar-refractivity contribution is 0.384. The first-order chi connectivity index (χ1) is 7.24. The van der Waals surface area contributed by atoms with Crippen LogP contribution in [0.1, 0.15) is 19.2 Å². The molecule has 0 aliphatic rings. The van der Waals surface area contributed by atoms with Crippen molar-refractivity contribution in [3.05, 3.63) is 18.2 Å². The maximum Gasteiger partial charge on any atom is 0.122 e. The van der Waals surface area contributed by atoms with Crippen LogP contribution in [0, 0.1) is 0 Å². The minimum atomic E-state index is 0.867. The van der Waals surface area contributed by atoms with Crippen LogP contribution >= 0.6 is 0 Å². The van der Waals surface area contributed by atoms with Gasteiger partial charge in [0.2, 0.25) is 0 Å². The first kappa shape index (κ1) is 12.2. The second kappa shape index (κ2) is 6.58. The number of nitrogens with zero attached hydrogens (tertiary/aromatic N) is 3. The van der Waals surface area contributed by atoms with E-state index in [2.05, 4.69) is 47.0 Å². The third kappa shape index (κ3) is 4.44. The highest BCUT2D eigenvalue weighted by Crippen LogP contribution is 1.99. The van der Waals surface area contributed by atoms with E-state index in [9.17, 15) is 0 Å². The molecule has 15 heavy (non-hydrogen) atoms. The molecule has 0 saturated heterocycles. The van der Waals surface area contributed by atoms with Crippen molar-refractivity contribution in [1.29, 1.82) is 0 Å². The maximum absolute atomic E-state index is 4.34. The molecule has 0 aliphatic carbocycles. The van der Waals surface area contributed by atoms with E-state index in [0.717, 1.165) is 32.0 Å². The monoisotopic (exact) mass is 210 g/mol. The number of nitrogens with one attached hydrogen (secondary N) is 1. The summed E-state index contributed by atoms with van der Waals surface area (Å²) in [4.78, 5) is 6.55. The molecule has 0 saturated carbocycles. The molecule has 4 heteroatoms. The molecule has 0 spiro atoms. The van der Waals surface area contributed by atoms with Crippen molar-refractivity contribution < 1.29 is 0 Å². The van der Waals surface area contributed by atoms with E-state index in [1.54, 1.807) is 0 Å². The van der Waals surface area contributed by atoms with Gasteiger partial charge in [-0.05, 0) is 33.6 Å². The van der Waals surface area contributed by atoms with E-state index in [-0.39, 0.29) is 0 Å². The van der Waals surface area contributed by atoms with Crippen LogP contribution in [0.2, 0.25) is 0 Å². The Labute approximate surface area is 92.3 Å². The predicted molar refractivity (Wildman–Crippen MR) is 62.8 cm³/mol. The molecule has 0 radical (unpaired) electrons. The summed E-state index contributed by atoms with van der Waals surface area (Å²) in [5.74, 6) is 1.13. The van der Waals surface area contributed by atoms with Gasteiger partial charge in [0.25, 0.3) is 0 Å². The van der Waals surface area contributed by atoms with Gasteiger partial charge in [0, 0.05) is 18.9 Å². The van der Waals surface area contributed by atoms with Gasteiger partial charge in [0.05, 0.1) is 6.54 Å². The SMILES string of the molecule is CCNCc1nccn1CCCN(C)C. The van der Waals surface area contributed by atoms with Gasteiger partial charge in [-0.2, -0.15) is 0 Å². The average molecular weight is 210 g/mol. The molecule has 1 heterocycles. The summed E-state index contributed by atoms with van der Waals surface area (Å²) in [6.07, 6.45) is 5.10. The Morgan fingerprint density at radius 2 is 2.27 bits per heavy atom. The fourth-order valence-corrected chi connectivity index (χ4v) is 1.50. The van der Waals surface area contributed by atoms with E-state index in [1.807, 2.05) is 6.20 Å². The standard InChI is InChI=1S/C11H22N4/c1-4-12-10-11-13-6-9-15(11)8-5-7-14(2)3/h6,9,12H,4-5,7-8,10H2,1-3H3. The van der Waals surface area contributed by atoms with Crippen molar-refractivity contribution in [2.45, 2.75) is 26.4 Å². The highest BCUT2D eigenvalue weighted by atomic mass is 15.1. The maximum atomic E-state index is 4.34. The Kier molecular flexibility index (Phi) is 5.36. The molecular weight excluding hydrogens is 188 g/mol. The van der Waals surface area contributed by atoms with Crippen LogP contribution in [0.4, 0.5) is 0 Å². The molecule has 4 nitrogen and oxygen atoms in total. The quantitative estimate of drug-likeness (QED) is 0.727. The van der Waals surface area contributed by atoms with E-state index >= 15 is 0 Å². The Balaban J connectivity index is 2.35. The minimum Gasteiger partial charge on any atom is -0.334 e. The van der Waals surface area contributed by atoms with Crippen LogP contribution in [-0.4, -0.2) is 41.6 Å². The van der Waals surface area contributed by atoms with Gasteiger partial charge < -0.3 is 14.8 Å². The van der Waals surface area contributed by atoms with Gasteiger partial charge in [-0.25, -0.2) is 4.98 Å². The average Bonchev–Trinajstić information content (AvgIpc) is 2.62. The number of aryl methyl sites for hydroxylation is 1. The summed E-state index contributed by atoms with van der Waals surface area (Å²) in [5, 5.41) is 3.30. The lowest BCUT2D eigenvalue weighted by Crippen LogP contribution is -2.18. The third-order valence-corrected chi connectivity index (χ3v) is 2.34. The largest absolute Gasteiger partial charge is 0.334 e. The first-order valence-corrected chi connectivity index (χ1v) is 5.59. The summed E-state index contributed by atoms with van der Waals surface area (Å²) in [7, 11) is 4.21. The zero-order valence-electron chi connectivity index (χ0n) is 10.0. The fraction of sp³-hybridized carbons (Fsp3) is 0.727. The van der Waals surface area contributed by atoms with Gasteiger partial charge in [0.15, 0.2) is 0 Å². The molecule has 0 bridgehead atoms. The summed E-state index contributed by atoms with van der Waals surface area (Å²) < 4.78 is 2.23. The Hall–Kier alpha value is -0.870. The zero-order valence-corrected chi connectivity index (χ0v) is 10.0. The smallest absolute Gasteiger partial charge is 0.122 e. The van der Waals surface area contributed by atoms with Crippen LogP contribution in [-0.2, 0) is 13.1 Å². The molecule has 86 valence electrons. The zero-order chi connectivity index (χ0) is 11.1.